The molecular weight excluding hydrogens is 361 g/mol. The fraction of sp³-hybridized carbons (Fsp3) is 0.571. The first-order chi connectivity index (χ1) is 13.5. The van der Waals surface area contributed by atoms with Gasteiger partial charge in [-0.05, 0) is 30.5 Å². The van der Waals surface area contributed by atoms with Crippen LogP contribution in [0.5, 0.6) is 0 Å². The summed E-state index contributed by atoms with van der Waals surface area (Å²) in [7, 11) is 0. The zero-order valence-electron chi connectivity index (χ0n) is 16.4. The van der Waals surface area contributed by atoms with Gasteiger partial charge in [0, 0.05) is 39.1 Å². The lowest BCUT2D eigenvalue weighted by Gasteiger charge is -2.38. The largest absolute Gasteiger partial charge is 0.339 e. The second kappa shape index (κ2) is 9.17. The predicted molar refractivity (Wildman–Crippen MR) is 103 cm³/mol. The van der Waals surface area contributed by atoms with Crippen molar-refractivity contribution in [3.63, 3.8) is 0 Å². The molecule has 7 heteroatoms. The van der Waals surface area contributed by atoms with Gasteiger partial charge in [0.25, 0.3) is 0 Å². The number of likely N-dealkylation sites (tertiary alicyclic amines) is 1. The monoisotopic (exact) mass is 389 g/mol. The molecule has 0 aliphatic carbocycles. The van der Waals surface area contributed by atoms with Gasteiger partial charge < -0.3 is 14.7 Å². The van der Waals surface area contributed by atoms with Crippen molar-refractivity contribution in [2.45, 2.75) is 39.2 Å². The highest BCUT2D eigenvalue weighted by molar-refractivity contribution is 5.88. The Balaban J connectivity index is 1.58. The molecule has 28 heavy (non-hydrogen) atoms. The maximum Gasteiger partial charge on any atom is 0.242 e. The van der Waals surface area contributed by atoms with Crippen LogP contribution in [0.25, 0.3) is 0 Å². The molecule has 3 rings (SSSR count). The Labute approximate surface area is 165 Å². The number of piperidine rings is 1. The molecule has 0 saturated carbocycles. The van der Waals surface area contributed by atoms with Gasteiger partial charge in [-0.25, -0.2) is 4.39 Å². The van der Waals surface area contributed by atoms with E-state index in [4.69, 9.17) is 0 Å². The number of piperazine rings is 1. The van der Waals surface area contributed by atoms with Crippen molar-refractivity contribution in [3.05, 3.63) is 35.6 Å². The molecular formula is C21H28FN3O3. The molecule has 2 fully saturated rings. The van der Waals surface area contributed by atoms with E-state index < -0.39 is 0 Å². The normalized spacial score (nSPS) is 20.6. The van der Waals surface area contributed by atoms with Gasteiger partial charge in [0.1, 0.15) is 5.82 Å². The predicted octanol–water partition coefficient (Wildman–Crippen LogP) is 2.04. The molecule has 0 unspecified atom stereocenters. The van der Waals surface area contributed by atoms with Crippen LogP contribution in [0.15, 0.2) is 24.3 Å². The number of amides is 3. The fourth-order valence-electron chi connectivity index (χ4n) is 3.87. The third kappa shape index (κ3) is 4.88. The molecule has 2 saturated heterocycles. The molecule has 0 bridgehead atoms. The summed E-state index contributed by atoms with van der Waals surface area (Å²) in [6.45, 7) is 4.69. The molecule has 1 aromatic carbocycles. The average molecular weight is 389 g/mol. The Bertz CT molecular complexity index is 739. The van der Waals surface area contributed by atoms with E-state index in [1.807, 2.05) is 4.90 Å². The zero-order valence-corrected chi connectivity index (χ0v) is 16.4. The summed E-state index contributed by atoms with van der Waals surface area (Å²) in [5, 5.41) is 0. The summed E-state index contributed by atoms with van der Waals surface area (Å²) in [5.41, 5.74) is 0.709. The molecule has 0 N–H and O–H groups in total. The smallest absolute Gasteiger partial charge is 0.242 e. The summed E-state index contributed by atoms with van der Waals surface area (Å²) in [4.78, 5) is 42.6. The lowest BCUT2D eigenvalue weighted by molar-refractivity contribution is -0.151. The van der Waals surface area contributed by atoms with Crippen molar-refractivity contribution in [2.24, 2.45) is 5.92 Å². The average Bonchev–Trinajstić information content (AvgIpc) is 2.68. The van der Waals surface area contributed by atoms with Crippen LogP contribution in [0.4, 0.5) is 4.39 Å². The first-order valence-corrected chi connectivity index (χ1v) is 10.1. The maximum atomic E-state index is 13.4. The number of carbonyl (C=O) groups excluding carboxylic acids is 3. The highest BCUT2D eigenvalue weighted by Crippen LogP contribution is 2.23. The molecule has 2 aliphatic heterocycles. The summed E-state index contributed by atoms with van der Waals surface area (Å²) in [5.74, 6) is -0.721. The van der Waals surface area contributed by atoms with Gasteiger partial charge in [0.2, 0.25) is 17.7 Å². The van der Waals surface area contributed by atoms with E-state index in [0.29, 0.717) is 44.6 Å². The van der Waals surface area contributed by atoms with E-state index in [1.165, 1.54) is 12.1 Å². The molecule has 1 atom stereocenters. The first kappa shape index (κ1) is 20.3. The minimum Gasteiger partial charge on any atom is -0.339 e. The molecule has 0 spiro atoms. The molecule has 3 amide bonds. The zero-order chi connectivity index (χ0) is 20.1. The lowest BCUT2D eigenvalue weighted by atomic mass is 9.95. The highest BCUT2D eigenvalue weighted by Gasteiger charge is 2.35. The van der Waals surface area contributed by atoms with Gasteiger partial charge in [0.15, 0.2) is 0 Å². The van der Waals surface area contributed by atoms with Gasteiger partial charge in [-0.15, -0.1) is 0 Å². The SMILES string of the molecule is CCCCN1CCN(C(=O)[C@@H]2CCC(=O)N(Cc3cccc(F)c3)C2)CC1=O. The standard InChI is InChI=1S/C21H28FN3O3/c1-2-3-9-23-10-11-24(15-20(23)27)21(28)17-7-8-19(26)25(14-17)13-16-5-4-6-18(22)12-16/h4-6,12,17H,2-3,7-11,13-15H2,1H3/t17-/m1/s1. The number of halogens is 1. The Morgan fingerprint density at radius 2 is 2.00 bits per heavy atom. The van der Waals surface area contributed by atoms with Crippen LogP contribution in [0.2, 0.25) is 0 Å². The topological polar surface area (TPSA) is 60.9 Å². The quantitative estimate of drug-likeness (QED) is 0.748. The van der Waals surface area contributed by atoms with Crippen LogP contribution in [0, 0.1) is 11.7 Å². The van der Waals surface area contributed by atoms with E-state index >= 15 is 0 Å². The Morgan fingerprint density at radius 1 is 1.18 bits per heavy atom. The van der Waals surface area contributed by atoms with E-state index in [9.17, 15) is 18.8 Å². The Morgan fingerprint density at radius 3 is 2.71 bits per heavy atom. The number of hydrogen-bond acceptors (Lipinski definition) is 3. The molecule has 1 aromatic rings. The van der Waals surface area contributed by atoms with Gasteiger partial charge in [0.05, 0.1) is 12.5 Å². The van der Waals surface area contributed by atoms with E-state index in [-0.39, 0.29) is 36.0 Å². The van der Waals surface area contributed by atoms with Crippen molar-refractivity contribution in [3.8, 4) is 0 Å². The lowest BCUT2D eigenvalue weighted by Crippen LogP contribution is -2.55. The summed E-state index contributed by atoms with van der Waals surface area (Å²) in [6.07, 6.45) is 2.81. The van der Waals surface area contributed by atoms with E-state index in [2.05, 4.69) is 6.92 Å². The van der Waals surface area contributed by atoms with Crippen LogP contribution in [0.1, 0.15) is 38.2 Å². The number of benzene rings is 1. The fourth-order valence-corrected chi connectivity index (χ4v) is 3.87. The van der Waals surface area contributed by atoms with Crippen LogP contribution >= 0.6 is 0 Å². The van der Waals surface area contributed by atoms with Crippen molar-refractivity contribution in [1.29, 1.82) is 0 Å². The molecule has 152 valence electrons. The van der Waals surface area contributed by atoms with Gasteiger partial charge in [-0.3, -0.25) is 14.4 Å². The van der Waals surface area contributed by atoms with Crippen LogP contribution < -0.4 is 0 Å². The highest BCUT2D eigenvalue weighted by atomic mass is 19.1. The molecule has 0 radical (unpaired) electrons. The maximum absolute atomic E-state index is 13.4. The number of carbonyl (C=O) groups is 3. The number of hydrogen-bond donors (Lipinski definition) is 0. The second-order valence-electron chi connectivity index (χ2n) is 7.63. The second-order valence-corrected chi connectivity index (χ2v) is 7.63. The van der Waals surface area contributed by atoms with Crippen molar-refractivity contribution in [2.75, 3.05) is 32.7 Å². The third-order valence-electron chi connectivity index (χ3n) is 5.52. The van der Waals surface area contributed by atoms with E-state index in [0.717, 1.165) is 19.4 Å². The van der Waals surface area contributed by atoms with Gasteiger partial charge in [-0.2, -0.15) is 0 Å². The van der Waals surface area contributed by atoms with E-state index in [1.54, 1.807) is 21.9 Å². The summed E-state index contributed by atoms with van der Waals surface area (Å²) in [6, 6.07) is 6.17. The first-order valence-electron chi connectivity index (χ1n) is 10.1. The minimum absolute atomic E-state index is 0.00319. The minimum atomic E-state index is -0.339. The van der Waals surface area contributed by atoms with Crippen LogP contribution in [-0.2, 0) is 20.9 Å². The third-order valence-corrected chi connectivity index (χ3v) is 5.52. The molecule has 6 nitrogen and oxygen atoms in total. The summed E-state index contributed by atoms with van der Waals surface area (Å²) >= 11 is 0. The summed E-state index contributed by atoms with van der Waals surface area (Å²) < 4.78 is 13.4. The number of unbranched alkanes of at least 4 members (excludes halogenated alkanes) is 1. The van der Waals surface area contributed by atoms with Crippen molar-refractivity contribution >= 4 is 17.7 Å². The van der Waals surface area contributed by atoms with Gasteiger partial charge >= 0.3 is 0 Å². The molecule has 2 aliphatic rings. The van der Waals surface area contributed by atoms with Crippen molar-refractivity contribution < 1.29 is 18.8 Å². The van der Waals surface area contributed by atoms with Crippen LogP contribution in [0.3, 0.4) is 0 Å². The van der Waals surface area contributed by atoms with Crippen LogP contribution in [-0.4, -0.2) is 65.1 Å². The molecule has 2 heterocycles. The molecule has 0 aromatic heterocycles. The Kier molecular flexibility index (Phi) is 6.65. The van der Waals surface area contributed by atoms with Crippen molar-refractivity contribution in [1.82, 2.24) is 14.7 Å². The number of nitrogens with zero attached hydrogens (tertiary/aromatic N) is 3. The Hall–Kier alpha value is -2.44. The van der Waals surface area contributed by atoms with Gasteiger partial charge in [-0.1, -0.05) is 25.5 Å². The number of rotatable bonds is 6.